The van der Waals surface area contributed by atoms with Crippen LogP contribution in [0.4, 0.5) is 4.79 Å². The van der Waals surface area contributed by atoms with E-state index < -0.39 is 23.7 Å². The van der Waals surface area contributed by atoms with Crippen LogP contribution in [0.5, 0.6) is 0 Å². The summed E-state index contributed by atoms with van der Waals surface area (Å²) < 4.78 is 5.04. The van der Waals surface area contributed by atoms with Crippen molar-refractivity contribution < 1.29 is 19.4 Å². The Balaban J connectivity index is 2.81. The lowest BCUT2D eigenvalue weighted by Gasteiger charge is -2.22. The molecule has 1 amide bonds. The minimum Gasteiger partial charge on any atom is -0.480 e. The van der Waals surface area contributed by atoms with Gasteiger partial charge >= 0.3 is 12.1 Å². The van der Waals surface area contributed by atoms with Gasteiger partial charge in [-0.2, -0.15) is 5.26 Å². The number of ether oxygens (including phenoxy) is 1. The van der Waals surface area contributed by atoms with E-state index in [9.17, 15) is 14.7 Å². The number of carbonyl (C=O) groups is 2. The van der Waals surface area contributed by atoms with Gasteiger partial charge in [0.15, 0.2) is 0 Å². The lowest BCUT2D eigenvalue weighted by atomic mass is 10.1. The molecule has 1 aromatic heterocycles. The molecule has 0 aliphatic rings. The molecule has 7 nitrogen and oxygen atoms in total. The summed E-state index contributed by atoms with van der Waals surface area (Å²) in [6, 6.07) is 2.48. The highest BCUT2D eigenvalue weighted by Gasteiger charge is 2.24. The molecule has 1 rings (SSSR count). The van der Waals surface area contributed by atoms with Gasteiger partial charge in [-0.05, 0) is 38.8 Å². The Morgan fingerprint density at radius 3 is 2.59 bits per heavy atom. The van der Waals surface area contributed by atoms with Gasteiger partial charge in [-0.3, -0.25) is 0 Å². The standard InChI is InChI=1S/C15H19N3O4/c1-9-5-10(8-17-12(9)7-16)6-11(13(19)20)18-14(21)22-15(2,3)4/h5,8,11H,6H2,1-4H3,(H,18,21)(H,19,20). The number of amides is 1. The first-order valence-corrected chi connectivity index (χ1v) is 6.70. The maximum absolute atomic E-state index is 11.7. The monoisotopic (exact) mass is 305 g/mol. The molecule has 0 aromatic carbocycles. The summed E-state index contributed by atoms with van der Waals surface area (Å²) >= 11 is 0. The lowest BCUT2D eigenvalue weighted by molar-refractivity contribution is -0.139. The van der Waals surface area contributed by atoms with E-state index in [1.807, 2.05) is 6.07 Å². The number of carboxylic acid groups (broad SMARTS) is 1. The largest absolute Gasteiger partial charge is 0.480 e. The smallest absolute Gasteiger partial charge is 0.408 e. The molecule has 0 fully saturated rings. The Morgan fingerprint density at radius 1 is 1.50 bits per heavy atom. The first-order chi connectivity index (χ1) is 10.1. The molecule has 0 aliphatic carbocycles. The van der Waals surface area contributed by atoms with Crippen LogP contribution in [0.1, 0.15) is 37.6 Å². The zero-order chi connectivity index (χ0) is 16.9. The number of hydrogen-bond acceptors (Lipinski definition) is 5. The van der Waals surface area contributed by atoms with E-state index in [0.29, 0.717) is 11.1 Å². The molecule has 0 aliphatic heterocycles. The molecule has 118 valence electrons. The van der Waals surface area contributed by atoms with E-state index in [1.54, 1.807) is 33.8 Å². The van der Waals surface area contributed by atoms with Crippen LogP contribution in [0.15, 0.2) is 12.3 Å². The van der Waals surface area contributed by atoms with Gasteiger partial charge in [0.25, 0.3) is 0 Å². The molecule has 1 unspecified atom stereocenters. The summed E-state index contributed by atoms with van der Waals surface area (Å²) in [4.78, 5) is 26.9. The van der Waals surface area contributed by atoms with Crippen molar-refractivity contribution in [2.24, 2.45) is 0 Å². The molecule has 0 radical (unpaired) electrons. The minimum atomic E-state index is -1.17. The third-order valence-electron chi connectivity index (χ3n) is 2.67. The van der Waals surface area contributed by atoms with Gasteiger partial charge in [0.1, 0.15) is 23.4 Å². The predicted molar refractivity (Wildman–Crippen MR) is 78.2 cm³/mol. The Kier molecular flexibility index (Phi) is 5.46. The van der Waals surface area contributed by atoms with Crippen LogP contribution in [0, 0.1) is 18.3 Å². The van der Waals surface area contributed by atoms with E-state index in [-0.39, 0.29) is 12.1 Å². The van der Waals surface area contributed by atoms with Crippen molar-refractivity contribution in [3.8, 4) is 6.07 Å². The van der Waals surface area contributed by atoms with Crippen molar-refractivity contribution in [3.05, 3.63) is 29.1 Å². The normalized spacial score (nSPS) is 12.1. The molecule has 22 heavy (non-hydrogen) atoms. The molecule has 2 N–H and O–H groups in total. The number of rotatable bonds is 4. The van der Waals surface area contributed by atoms with Gasteiger partial charge in [-0.15, -0.1) is 0 Å². The van der Waals surface area contributed by atoms with Crippen molar-refractivity contribution in [2.45, 2.75) is 45.8 Å². The summed E-state index contributed by atoms with van der Waals surface area (Å²) in [5, 5.41) is 20.4. The van der Waals surface area contributed by atoms with Crippen molar-refractivity contribution in [2.75, 3.05) is 0 Å². The SMILES string of the molecule is Cc1cc(CC(NC(=O)OC(C)(C)C)C(=O)O)cnc1C#N. The third kappa shape index (κ3) is 5.40. The van der Waals surface area contributed by atoms with Gasteiger partial charge in [-0.1, -0.05) is 6.07 Å². The minimum absolute atomic E-state index is 0.0497. The van der Waals surface area contributed by atoms with E-state index in [0.717, 1.165) is 0 Å². The van der Waals surface area contributed by atoms with Crippen LogP contribution in [0.3, 0.4) is 0 Å². The molecule has 1 heterocycles. The third-order valence-corrected chi connectivity index (χ3v) is 2.67. The number of aliphatic carboxylic acids is 1. The number of nitriles is 1. The summed E-state index contributed by atoms with van der Waals surface area (Å²) in [6.45, 7) is 6.79. The van der Waals surface area contributed by atoms with Gasteiger partial charge < -0.3 is 15.2 Å². The second-order valence-electron chi connectivity index (χ2n) is 5.86. The first kappa shape index (κ1) is 17.4. The van der Waals surface area contributed by atoms with Crippen LogP contribution in [0.2, 0.25) is 0 Å². The number of carbonyl (C=O) groups excluding carboxylic acids is 1. The van der Waals surface area contributed by atoms with Crippen LogP contribution >= 0.6 is 0 Å². The maximum atomic E-state index is 11.7. The highest BCUT2D eigenvalue weighted by molar-refractivity contribution is 5.80. The quantitative estimate of drug-likeness (QED) is 0.876. The molecular formula is C15H19N3O4. The number of carboxylic acids is 1. The van der Waals surface area contributed by atoms with Crippen molar-refractivity contribution in [3.63, 3.8) is 0 Å². The fourth-order valence-electron chi connectivity index (χ4n) is 1.75. The number of aromatic nitrogens is 1. The van der Waals surface area contributed by atoms with Crippen LogP contribution in [-0.4, -0.2) is 33.8 Å². The zero-order valence-corrected chi connectivity index (χ0v) is 13.0. The second-order valence-corrected chi connectivity index (χ2v) is 5.86. The van der Waals surface area contributed by atoms with Gasteiger partial charge in [0.2, 0.25) is 0 Å². The number of hydrogen-bond donors (Lipinski definition) is 2. The molecular weight excluding hydrogens is 286 g/mol. The fourth-order valence-corrected chi connectivity index (χ4v) is 1.75. The van der Waals surface area contributed by atoms with Gasteiger partial charge in [0, 0.05) is 12.6 Å². The summed E-state index contributed by atoms with van der Waals surface area (Å²) in [5.74, 6) is -1.17. The molecule has 7 heteroatoms. The molecule has 0 spiro atoms. The number of nitrogens with zero attached hydrogens (tertiary/aromatic N) is 2. The molecule has 1 aromatic rings. The first-order valence-electron chi connectivity index (χ1n) is 6.70. The topological polar surface area (TPSA) is 112 Å². The lowest BCUT2D eigenvalue weighted by Crippen LogP contribution is -2.44. The molecule has 1 atom stereocenters. The Labute approximate surface area is 128 Å². The van der Waals surface area contributed by atoms with Crippen LogP contribution in [-0.2, 0) is 16.0 Å². The van der Waals surface area contributed by atoms with Crippen LogP contribution < -0.4 is 5.32 Å². The second kappa shape index (κ2) is 6.89. The van der Waals surface area contributed by atoms with Crippen molar-refractivity contribution >= 4 is 12.1 Å². The molecule has 0 saturated heterocycles. The Morgan fingerprint density at radius 2 is 2.14 bits per heavy atom. The number of pyridine rings is 1. The molecule has 0 saturated carbocycles. The number of aryl methyl sites for hydroxylation is 1. The Hall–Kier alpha value is -2.62. The maximum Gasteiger partial charge on any atom is 0.408 e. The van der Waals surface area contributed by atoms with E-state index in [2.05, 4.69) is 10.3 Å². The van der Waals surface area contributed by atoms with Crippen molar-refractivity contribution in [1.29, 1.82) is 5.26 Å². The van der Waals surface area contributed by atoms with Gasteiger partial charge in [-0.25, -0.2) is 14.6 Å². The fraction of sp³-hybridized carbons (Fsp3) is 0.467. The summed E-state index contributed by atoms with van der Waals surface area (Å²) in [7, 11) is 0. The van der Waals surface area contributed by atoms with Crippen molar-refractivity contribution in [1.82, 2.24) is 10.3 Å². The van der Waals surface area contributed by atoms with E-state index in [1.165, 1.54) is 6.20 Å². The molecule has 0 bridgehead atoms. The summed E-state index contributed by atoms with van der Waals surface area (Å²) in [6.07, 6.45) is 0.685. The van der Waals surface area contributed by atoms with Gasteiger partial charge in [0.05, 0.1) is 0 Å². The van der Waals surface area contributed by atoms with E-state index >= 15 is 0 Å². The summed E-state index contributed by atoms with van der Waals surface area (Å²) in [5.41, 5.74) is 0.844. The number of alkyl carbamates (subject to hydrolysis) is 1. The Bertz CT molecular complexity index is 614. The van der Waals surface area contributed by atoms with E-state index in [4.69, 9.17) is 10.00 Å². The predicted octanol–water partition coefficient (Wildman–Crippen LogP) is 1.78. The average molecular weight is 305 g/mol. The highest BCUT2D eigenvalue weighted by Crippen LogP contribution is 2.11. The van der Waals surface area contributed by atoms with Crippen LogP contribution in [0.25, 0.3) is 0 Å². The average Bonchev–Trinajstić information content (AvgIpc) is 2.35. The zero-order valence-electron chi connectivity index (χ0n) is 13.0. The highest BCUT2D eigenvalue weighted by atomic mass is 16.6. The number of nitrogens with one attached hydrogen (secondary N) is 1.